The Morgan fingerprint density at radius 3 is 2.30 bits per heavy atom. The van der Waals surface area contributed by atoms with Gasteiger partial charge in [0.05, 0.1) is 19.3 Å². The Labute approximate surface area is 63.5 Å². The number of hydrogen-bond donors (Lipinski definition) is 0. The van der Waals surface area contributed by atoms with Crippen molar-refractivity contribution in [2.45, 2.75) is 33.3 Å². The van der Waals surface area contributed by atoms with Crippen molar-refractivity contribution in [1.82, 2.24) is 0 Å². The lowest BCUT2D eigenvalue weighted by atomic mass is 10.5. The molecule has 0 aromatic rings. The Hall–Kier alpha value is -0.0800. The van der Waals surface area contributed by atoms with Crippen molar-refractivity contribution >= 4 is 0 Å². The van der Waals surface area contributed by atoms with Gasteiger partial charge >= 0.3 is 0 Å². The van der Waals surface area contributed by atoms with E-state index in [4.69, 9.17) is 9.47 Å². The highest BCUT2D eigenvalue weighted by Gasteiger charge is 1.91. The van der Waals surface area contributed by atoms with E-state index >= 15 is 0 Å². The van der Waals surface area contributed by atoms with Crippen molar-refractivity contribution in [3.8, 4) is 0 Å². The maximum absolute atomic E-state index is 5.26. The molecule has 0 N–H and O–H groups in total. The summed E-state index contributed by atoms with van der Waals surface area (Å²) in [4.78, 5) is 0. The standard InChI is InChI=1S/C8H18O2/c1-4-5-9-6-7-10-8(2)3/h8H,4-7H2,1-3H3. The molecule has 0 saturated heterocycles. The Kier molecular flexibility index (Phi) is 6.98. The van der Waals surface area contributed by atoms with Gasteiger partial charge in [0.15, 0.2) is 0 Å². The van der Waals surface area contributed by atoms with E-state index < -0.39 is 0 Å². The summed E-state index contributed by atoms with van der Waals surface area (Å²) in [6.07, 6.45) is 1.41. The summed E-state index contributed by atoms with van der Waals surface area (Å²) >= 11 is 0. The number of rotatable bonds is 6. The molecule has 0 fully saturated rings. The van der Waals surface area contributed by atoms with E-state index in [0.717, 1.165) is 26.2 Å². The quantitative estimate of drug-likeness (QED) is 0.532. The van der Waals surface area contributed by atoms with Crippen LogP contribution in [0.2, 0.25) is 0 Å². The van der Waals surface area contributed by atoms with Gasteiger partial charge in [-0.2, -0.15) is 0 Å². The molecule has 62 valence electrons. The Morgan fingerprint density at radius 2 is 1.80 bits per heavy atom. The zero-order chi connectivity index (χ0) is 7.82. The minimum atomic E-state index is 0.324. The van der Waals surface area contributed by atoms with E-state index in [2.05, 4.69) is 6.92 Å². The largest absolute Gasteiger partial charge is 0.379 e. The topological polar surface area (TPSA) is 18.5 Å². The van der Waals surface area contributed by atoms with E-state index in [1.165, 1.54) is 0 Å². The lowest BCUT2D eigenvalue weighted by Gasteiger charge is -2.06. The van der Waals surface area contributed by atoms with Crippen molar-refractivity contribution in [3.05, 3.63) is 0 Å². The highest BCUT2D eigenvalue weighted by Crippen LogP contribution is 1.87. The predicted octanol–water partition coefficient (Wildman–Crippen LogP) is 1.84. The van der Waals surface area contributed by atoms with Crippen molar-refractivity contribution in [2.24, 2.45) is 0 Å². The minimum absolute atomic E-state index is 0.324. The van der Waals surface area contributed by atoms with Crippen LogP contribution in [0.3, 0.4) is 0 Å². The monoisotopic (exact) mass is 146 g/mol. The van der Waals surface area contributed by atoms with Crippen molar-refractivity contribution < 1.29 is 9.47 Å². The summed E-state index contributed by atoms with van der Waals surface area (Å²) in [7, 11) is 0. The molecule has 0 spiro atoms. The van der Waals surface area contributed by atoms with Gasteiger partial charge < -0.3 is 9.47 Å². The van der Waals surface area contributed by atoms with Crippen LogP contribution in [0.15, 0.2) is 0 Å². The van der Waals surface area contributed by atoms with Crippen LogP contribution in [-0.4, -0.2) is 25.9 Å². The normalized spacial score (nSPS) is 10.8. The van der Waals surface area contributed by atoms with Gasteiger partial charge in [-0.25, -0.2) is 0 Å². The fraction of sp³-hybridized carbons (Fsp3) is 1.00. The van der Waals surface area contributed by atoms with Gasteiger partial charge in [-0.1, -0.05) is 6.92 Å². The van der Waals surface area contributed by atoms with Crippen LogP contribution in [-0.2, 0) is 9.47 Å². The molecule has 0 heterocycles. The molecule has 10 heavy (non-hydrogen) atoms. The molecule has 0 unspecified atom stereocenters. The van der Waals surface area contributed by atoms with Gasteiger partial charge in [0, 0.05) is 6.61 Å². The Balaban J connectivity index is 2.77. The molecule has 0 aliphatic rings. The van der Waals surface area contributed by atoms with Gasteiger partial charge in [0.2, 0.25) is 0 Å². The van der Waals surface area contributed by atoms with Crippen LogP contribution in [0.1, 0.15) is 27.2 Å². The van der Waals surface area contributed by atoms with Crippen molar-refractivity contribution in [3.63, 3.8) is 0 Å². The van der Waals surface area contributed by atoms with E-state index in [-0.39, 0.29) is 0 Å². The summed E-state index contributed by atoms with van der Waals surface area (Å²) < 4.78 is 10.5. The minimum Gasteiger partial charge on any atom is -0.379 e. The van der Waals surface area contributed by atoms with Crippen LogP contribution in [0.4, 0.5) is 0 Å². The smallest absolute Gasteiger partial charge is 0.0703 e. The van der Waals surface area contributed by atoms with Crippen LogP contribution in [0, 0.1) is 0 Å². The number of ether oxygens (including phenoxy) is 2. The predicted molar refractivity (Wildman–Crippen MR) is 42.2 cm³/mol. The molecule has 0 aliphatic carbocycles. The van der Waals surface area contributed by atoms with Gasteiger partial charge in [0.1, 0.15) is 0 Å². The van der Waals surface area contributed by atoms with Gasteiger partial charge in [-0.3, -0.25) is 0 Å². The molecular formula is C8H18O2. The third-order valence-corrected chi connectivity index (χ3v) is 1.03. The van der Waals surface area contributed by atoms with Crippen LogP contribution in [0.5, 0.6) is 0 Å². The lowest BCUT2D eigenvalue weighted by Crippen LogP contribution is -2.09. The highest BCUT2D eigenvalue weighted by atomic mass is 16.5. The molecule has 2 nitrogen and oxygen atoms in total. The van der Waals surface area contributed by atoms with Crippen LogP contribution < -0.4 is 0 Å². The fourth-order valence-corrected chi connectivity index (χ4v) is 0.589. The Bertz CT molecular complexity index is 62.3. The summed E-state index contributed by atoms with van der Waals surface area (Å²) in [5.41, 5.74) is 0. The molecular weight excluding hydrogens is 128 g/mol. The SMILES string of the molecule is CCCOCCOC(C)C. The summed E-state index contributed by atoms with van der Waals surface area (Å²) in [6, 6.07) is 0. The number of hydrogen-bond acceptors (Lipinski definition) is 2. The maximum atomic E-state index is 5.26. The third-order valence-electron chi connectivity index (χ3n) is 1.03. The average Bonchev–Trinajstić information content (AvgIpc) is 1.87. The molecule has 0 aromatic heterocycles. The second-order valence-electron chi connectivity index (χ2n) is 2.53. The van der Waals surface area contributed by atoms with Gasteiger partial charge in [-0.05, 0) is 20.3 Å². The fourth-order valence-electron chi connectivity index (χ4n) is 0.589. The highest BCUT2D eigenvalue weighted by molar-refractivity contribution is 4.36. The van der Waals surface area contributed by atoms with E-state index in [0.29, 0.717) is 6.10 Å². The zero-order valence-corrected chi connectivity index (χ0v) is 7.22. The first-order chi connectivity index (χ1) is 4.77. The molecule has 0 saturated carbocycles. The molecule has 0 rings (SSSR count). The van der Waals surface area contributed by atoms with E-state index in [1.54, 1.807) is 0 Å². The van der Waals surface area contributed by atoms with Gasteiger partial charge in [0.25, 0.3) is 0 Å². The molecule has 0 aromatic carbocycles. The third kappa shape index (κ3) is 7.92. The molecule has 0 aliphatic heterocycles. The second-order valence-corrected chi connectivity index (χ2v) is 2.53. The molecule has 0 atom stereocenters. The van der Waals surface area contributed by atoms with Crippen LogP contribution >= 0.6 is 0 Å². The van der Waals surface area contributed by atoms with E-state index in [1.807, 2.05) is 13.8 Å². The summed E-state index contributed by atoms with van der Waals surface area (Å²) in [5.74, 6) is 0. The first-order valence-electron chi connectivity index (χ1n) is 3.96. The summed E-state index contributed by atoms with van der Waals surface area (Å²) in [6.45, 7) is 8.45. The van der Waals surface area contributed by atoms with E-state index in [9.17, 15) is 0 Å². The molecule has 0 amide bonds. The molecule has 0 radical (unpaired) electrons. The molecule has 2 heteroatoms. The summed E-state index contributed by atoms with van der Waals surface area (Å²) in [5, 5.41) is 0. The molecule has 0 bridgehead atoms. The maximum Gasteiger partial charge on any atom is 0.0703 e. The first kappa shape index (κ1) is 9.92. The second kappa shape index (κ2) is 7.03. The van der Waals surface area contributed by atoms with Crippen molar-refractivity contribution in [1.29, 1.82) is 0 Å². The van der Waals surface area contributed by atoms with Gasteiger partial charge in [-0.15, -0.1) is 0 Å². The lowest BCUT2D eigenvalue weighted by molar-refractivity contribution is 0.0198. The zero-order valence-electron chi connectivity index (χ0n) is 7.22. The first-order valence-corrected chi connectivity index (χ1v) is 3.96. The van der Waals surface area contributed by atoms with Crippen LogP contribution in [0.25, 0.3) is 0 Å². The van der Waals surface area contributed by atoms with Crippen molar-refractivity contribution in [2.75, 3.05) is 19.8 Å². The average molecular weight is 146 g/mol. The Morgan fingerprint density at radius 1 is 1.10 bits per heavy atom.